The third kappa shape index (κ3) is 3.16. The molecule has 18 heavy (non-hydrogen) atoms. The summed E-state index contributed by atoms with van der Waals surface area (Å²) in [6.45, 7) is 2.64. The van der Waals surface area contributed by atoms with E-state index in [1.165, 1.54) is 6.07 Å². The van der Waals surface area contributed by atoms with Gasteiger partial charge in [-0.15, -0.1) is 0 Å². The van der Waals surface area contributed by atoms with Crippen LogP contribution < -0.4 is 10.1 Å². The Morgan fingerprint density at radius 1 is 1.39 bits per heavy atom. The number of hydrogen-bond acceptors (Lipinski definition) is 4. The molecule has 1 heterocycles. The van der Waals surface area contributed by atoms with Gasteiger partial charge in [-0.1, -0.05) is 15.9 Å². The Labute approximate surface area is 112 Å². The van der Waals surface area contributed by atoms with Crippen molar-refractivity contribution in [1.29, 1.82) is 0 Å². The van der Waals surface area contributed by atoms with Crippen LogP contribution in [0.15, 0.2) is 34.9 Å². The quantitative estimate of drug-likeness (QED) is 0.937. The van der Waals surface area contributed by atoms with Crippen LogP contribution in [-0.4, -0.2) is 16.5 Å². The lowest BCUT2D eigenvalue weighted by atomic mass is 10.3. The second kappa shape index (κ2) is 5.77. The molecule has 4 nitrogen and oxygen atoms in total. The fraction of sp³-hybridized carbons (Fsp3) is 0.167. The van der Waals surface area contributed by atoms with Gasteiger partial charge in [-0.3, -0.25) is 0 Å². The van der Waals surface area contributed by atoms with Gasteiger partial charge in [-0.05, 0) is 25.1 Å². The Hall–Kier alpha value is -1.69. The van der Waals surface area contributed by atoms with Crippen molar-refractivity contribution in [3.63, 3.8) is 0 Å². The van der Waals surface area contributed by atoms with E-state index in [1.807, 2.05) is 6.92 Å². The van der Waals surface area contributed by atoms with E-state index < -0.39 is 5.82 Å². The van der Waals surface area contributed by atoms with E-state index in [2.05, 4.69) is 31.2 Å². The summed E-state index contributed by atoms with van der Waals surface area (Å²) in [7, 11) is 0. The van der Waals surface area contributed by atoms with Gasteiger partial charge in [0.1, 0.15) is 0 Å². The topological polar surface area (TPSA) is 47.0 Å². The van der Waals surface area contributed by atoms with Gasteiger partial charge < -0.3 is 10.1 Å². The van der Waals surface area contributed by atoms with Gasteiger partial charge in [0.05, 0.1) is 0 Å². The van der Waals surface area contributed by atoms with E-state index in [1.54, 1.807) is 24.4 Å². The van der Waals surface area contributed by atoms with Crippen molar-refractivity contribution in [3.8, 4) is 11.6 Å². The van der Waals surface area contributed by atoms with Gasteiger partial charge in [-0.25, -0.2) is 9.37 Å². The van der Waals surface area contributed by atoms with Crippen molar-refractivity contribution in [2.45, 2.75) is 6.92 Å². The molecule has 0 aliphatic carbocycles. The minimum absolute atomic E-state index is 0.116. The monoisotopic (exact) mass is 311 g/mol. The maximum Gasteiger partial charge on any atom is 0.225 e. The van der Waals surface area contributed by atoms with E-state index in [4.69, 9.17) is 4.74 Å². The Kier molecular flexibility index (Phi) is 4.09. The molecule has 0 fully saturated rings. The molecule has 0 aliphatic heterocycles. The molecule has 0 aliphatic rings. The highest BCUT2D eigenvalue weighted by Crippen LogP contribution is 2.26. The summed E-state index contributed by atoms with van der Waals surface area (Å²) in [4.78, 5) is 8.11. The summed E-state index contributed by atoms with van der Waals surface area (Å²) < 4.78 is 19.6. The molecule has 1 aromatic carbocycles. The third-order valence-electron chi connectivity index (χ3n) is 2.07. The second-order valence-electron chi connectivity index (χ2n) is 3.43. The zero-order chi connectivity index (χ0) is 13.0. The number of hydrogen-bond donors (Lipinski definition) is 1. The highest BCUT2D eigenvalue weighted by molar-refractivity contribution is 9.10. The molecule has 6 heteroatoms. The molecule has 2 aromatic rings. The summed E-state index contributed by atoms with van der Waals surface area (Å²) in [6.07, 6.45) is 1.55. The molecule has 1 N–H and O–H groups in total. The average Bonchev–Trinajstić information content (AvgIpc) is 2.35. The first kappa shape index (κ1) is 12.8. The Morgan fingerprint density at radius 2 is 2.22 bits per heavy atom. The van der Waals surface area contributed by atoms with Crippen LogP contribution in [0.2, 0.25) is 0 Å². The fourth-order valence-electron chi connectivity index (χ4n) is 1.31. The normalized spacial score (nSPS) is 10.2. The van der Waals surface area contributed by atoms with Crippen molar-refractivity contribution in [1.82, 2.24) is 9.97 Å². The first-order valence-corrected chi connectivity index (χ1v) is 6.18. The largest absolute Gasteiger partial charge is 0.436 e. The summed E-state index contributed by atoms with van der Waals surface area (Å²) in [5, 5.41) is 2.95. The highest BCUT2D eigenvalue weighted by atomic mass is 79.9. The van der Waals surface area contributed by atoms with Gasteiger partial charge in [0, 0.05) is 23.3 Å². The number of anilines is 1. The predicted molar refractivity (Wildman–Crippen MR) is 70.4 cm³/mol. The van der Waals surface area contributed by atoms with Crippen molar-refractivity contribution >= 4 is 21.9 Å². The molecule has 94 valence electrons. The minimum atomic E-state index is -0.443. The van der Waals surface area contributed by atoms with Crippen LogP contribution in [0.25, 0.3) is 0 Å². The SMILES string of the molecule is CCNc1nccc(Oc2cc(Br)ccc2F)n1. The molecule has 0 radical (unpaired) electrons. The van der Waals surface area contributed by atoms with Crippen LogP contribution in [0.3, 0.4) is 0 Å². The van der Waals surface area contributed by atoms with E-state index in [0.717, 1.165) is 4.47 Å². The molecule has 1 aromatic heterocycles. The van der Waals surface area contributed by atoms with Gasteiger partial charge in [-0.2, -0.15) is 4.98 Å². The van der Waals surface area contributed by atoms with Crippen LogP contribution in [0, 0.1) is 5.82 Å². The molecule has 2 rings (SSSR count). The van der Waals surface area contributed by atoms with Crippen molar-refractivity contribution in [3.05, 3.63) is 40.8 Å². The molecule has 0 saturated carbocycles. The highest BCUT2D eigenvalue weighted by Gasteiger charge is 2.07. The van der Waals surface area contributed by atoms with Gasteiger partial charge in [0.2, 0.25) is 11.8 Å². The van der Waals surface area contributed by atoms with Crippen LogP contribution in [-0.2, 0) is 0 Å². The van der Waals surface area contributed by atoms with Crippen LogP contribution in [0.1, 0.15) is 6.92 Å². The van der Waals surface area contributed by atoms with E-state index in [0.29, 0.717) is 12.5 Å². The zero-order valence-corrected chi connectivity index (χ0v) is 11.2. The van der Waals surface area contributed by atoms with Crippen molar-refractivity contribution < 1.29 is 9.13 Å². The van der Waals surface area contributed by atoms with E-state index >= 15 is 0 Å². The molecule has 0 saturated heterocycles. The maximum absolute atomic E-state index is 13.5. The van der Waals surface area contributed by atoms with Crippen LogP contribution in [0.5, 0.6) is 11.6 Å². The standard InChI is InChI=1S/C12H11BrFN3O/c1-2-15-12-16-6-5-11(17-12)18-10-7-8(13)3-4-9(10)14/h3-7H,2H2,1H3,(H,15,16,17). The van der Waals surface area contributed by atoms with E-state index in [-0.39, 0.29) is 11.6 Å². The van der Waals surface area contributed by atoms with Crippen molar-refractivity contribution in [2.24, 2.45) is 0 Å². The summed E-state index contributed by atoms with van der Waals surface area (Å²) in [5.74, 6) is 0.413. The average molecular weight is 312 g/mol. The lowest BCUT2D eigenvalue weighted by Gasteiger charge is -2.07. The Morgan fingerprint density at radius 3 is 3.00 bits per heavy atom. The summed E-state index contributed by atoms with van der Waals surface area (Å²) in [6, 6.07) is 6.05. The number of aromatic nitrogens is 2. The third-order valence-corrected chi connectivity index (χ3v) is 2.57. The molecule has 0 bridgehead atoms. The lowest BCUT2D eigenvalue weighted by Crippen LogP contribution is -2.02. The predicted octanol–water partition coefficient (Wildman–Crippen LogP) is 3.60. The Balaban J connectivity index is 2.22. The summed E-state index contributed by atoms with van der Waals surface area (Å²) in [5.41, 5.74) is 0. The number of nitrogens with zero attached hydrogens (tertiary/aromatic N) is 2. The van der Waals surface area contributed by atoms with E-state index in [9.17, 15) is 4.39 Å². The first-order valence-electron chi connectivity index (χ1n) is 5.39. The molecule has 0 unspecified atom stereocenters. The number of benzene rings is 1. The Bertz CT molecular complexity index is 551. The number of ether oxygens (including phenoxy) is 1. The van der Waals surface area contributed by atoms with Gasteiger partial charge in [0.25, 0.3) is 0 Å². The smallest absolute Gasteiger partial charge is 0.225 e. The molecule has 0 spiro atoms. The first-order chi connectivity index (χ1) is 8.69. The summed E-state index contributed by atoms with van der Waals surface area (Å²) >= 11 is 3.26. The molecular formula is C12H11BrFN3O. The number of nitrogens with one attached hydrogen (secondary N) is 1. The minimum Gasteiger partial charge on any atom is -0.436 e. The maximum atomic E-state index is 13.5. The van der Waals surface area contributed by atoms with Crippen LogP contribution >= 0.6 is 15.9 Å². The van der Waals surface area contributed by atoms with Crippen LogP contribution in [0.4, 0.5) is 10.3 Å². The lowest BCUT2D eigenvalue weighted by molar-refractivity contribution is 0.427. The molecule has 0 amide bonds. The second-order valence-corrected chi connectivity index (χ2v) is 4.34. The van der Waals surface area contributed by atoms with Gasteiger partial charge >= 0.3 is 0 Å². The number of rotatable bonds is 4. The fourth-order valence-corrected chi connectivity index (χ4v) is 1.65. The zero-order valence-electron chi connectivity index (χ0n) is 9.65. The van der Waals surface area contributed by atoms with Crippen molar-refractivity contribution in [2.75, 3.05) is 11.9 Å². The number of halogens is 2. The van der Waals surface area contributed by atoms with Gasteiger partial charge in [0.15, 0.2) is 11.6 Å². The molecular weight excluding hydrogens is 301 g/mol. The molecule has 0 atom stereocenters.